The minimum atomic E-state index is -3.24. The predicted molar refractivity (Wildman–Crippen MR) is 52.0 cm³/mol. The highest BCUT2D eigenvalue weighted by molar-refractivity contribution is 9.10. The van der Waals surface area contributed by atoms with E-state index in [9.17, 15) is 8.42 Å². The summed E-state index contributed by atoms with van der Waals surface area (Å²) in [5, 5.41) is 8.59. The largest absolute Gasteiger partial charge is 0.224 e. The molecule has 1 aromatic rings. The molecule has 0 atom stereocenters. The summed E-state index contributed by atoms with van der Waals surface area (Å²) in [5.74, 6) is 0. The fourth-order valence-electron chi connectivity index (χ4n) is 0.841. The number of hydrogen-bond acceptors (Lipinski definition) is 3. The normalized spacial score (nSPS) is 10.8. The molecule has 0 radical (unpaired) electrons. The number of rotatable bonds is 1. The number of nitriles is 1. The number of hydrogen-bond donors (Lipinski definition) is 0. The van der Waals surface area contributed by atoms with Gasteiger partial charge in [0.2, 0.25) is 0 Å². The molecule has 0 bridgehead atoms. The topological polar surface area (TPSA) is 57.9 Å². The number of benzene rings is 1. The average Bonchev–Trinajstić information content (AvgIpc) is 2.01. The van der Waals surface area contributed by atoms with Gasteiger partial charge >= 0.3 is 0 Å². The monoisotopic (exact) mass is 259 g/mol. The maximum atomic E-state index is 11.1. The smallest absolute Gasteiger partial charge is 0.175 e. The summed E-state index contributed by atoms with van der Waals surface area (Å²) in [6.45, 7) is 0. The maximum absolute atomic E-state index is 11.1. The molecule has 0 unspecified atom stereocenters. The van der Waals surface area contributed by atoms with Crippen molar-refractivity contribution >= 4 is 25.8 Å². The first-order valence-electron chi connectivity index (χ1n) is 3.34. The lowest BCUT2D eigenvalue weighted by Crippen LogP contribution is -1.97. The maximum Gasteiger partial charge on any atom is 0.175 e. The molecule has 0 fully saturated rings. The van der Waals surface area contributed by atoms with Crippen molar-refractivity contribution in [3.8, 4) is 6.07 Å². The lowest BCUT2D eigenvalue weighted by molar-refractivity contribution is 0.602. The highest BCUT2D eigenvalue weighted by Gasteiger charge is 2.08. The Balaban J connectivity index is 3.44. The van der Waals surface area contributed by atoms with Gasteiger partial charge in [0.1, 0.15) is 0 Å². The van der Waals surface area contributed by atoms with Gasteiger partial charge in [-0.15, -0.1) is 0 Å². The summed E-state index contributed by atoms with van der Waals surface area (Å²) in [7, 11) is -3.24. The van der Waals surface area contributed by atoms with Gasteiger partial charge in [-0.1, -0.05) is 15.9 Å². The SMILES string of the molecule is CS(=O)(=O)c1cc(Br)cc(C#N)c1. The van der Waals surface area contributed by atoms with Crippen LogP contribution in [0.25, 0.3) is 0 Å². The molecule has 0 aliphatic carbocycles. The third kappa shape index (κ3) is 2.54. The predicted octanol–water partition coefficient (Wildman–Crippen LogP) is 1.72. The molecule has 0 aliphatic heterocycles. The molecule has 0 N–H and O–H groups in total. The zero-order valence-electron chi connectivity index (χ0n) is 6.78. The van der Waals surface area contributed by atoms with Gasteiger partial charge in [0.15, 0.2) is 9.84 Å². The van der Waals surface area contributed by atoms with Crippen molar-refractivity contribution in [2.24, 2.45) is 0 Å². The van der Waals surface area contributed by atoms with Gasteiger partial charge in [0.05, 0.1) is 16.5 Å². The fraction of sp³-hybridized carbons (Fsp3) is 0.125. The summed E-state index contributed by atoms with van der Waals surface area (Å²) in [6.07, 6.45) is 1.11. The molecular formula is C8H6BrNO2S. The van der Waals surface area contributed by atoms with E-state index < -0.39 is 9.84 Å². The van der Waals surface area contributed by atoms with Gasteiger partial charge in [0.25, 0.3) is 0 Å². The molecule has 68 valence electrons. The molecule has 0 aliphatic rings. The van der Waals surface area contributed by atoms with Crippen LogP contribution in [0, 0.1) is 11.3 Å². The van der Waals surface area contributed by atoms with Crippen LogP contribution < -0.4 is 0 Å². The van der Waals surface area contributed by atoms with E-state index >= 15 is 0 Å². The minimum absolute atomic E-state index is 0.151. The van der Waals surface area contributed by atoms with Crippen LogP contribution in [0.5, 0.6) is 0 Å². The van der Waals surface area contributed by atoms with Gasteiger partial charge in [0, 0.05) is 10.7 Å². The van der Waals surface area contributed by atoms with Gasteiger partial charge in [-0.3, -0.25) is 0 Å². The number of halogens is 1. The summed E-state index contributed by atoms with van der Waals surface area (Å²) in [5.41, 5.74) is 0.329. The second kappa shape index (κ2) is 3.48. The fourth-order valence-corrected chi connectivity index (χ4v) is 2.17. The van der Waals surface area contributed by atoms with Crippen molar-refractivity contribution < 1.29 is 8.42 Å². The Hall–Kier alpha value is -0.860. The van der Waals surface area contributed by atoms with Crippen molar-refractivity contribution in [1.82, 2.24) is 0 Å². The van der Waals surface area contributed by atoms with Gasteiger partial charge in [-0.2, -0.15) is 5.26 Å². The zero-order valence-corrected chi connectivity index (χ0v) is 9.18. The Morgan fingerprint density at radius 2 is 2.00 bits per heavy atom. The minimum Gasteiger partial charge on any atom is -0.224 e. The highest BCUT2D eigenvalue weighted by Crippen LogP contribution is 2.18. The molecule has 0 spiro atoms. The van der Waals surface area contributed by atoms with Gasteiger partial charge < -0.3 is 0 Å². The average molecular weight is 260 g/mol. The Bertz CT molecular complexity index is 473. The van der Waals surface area contributed by atoms with E-state index in [1.807, 2.05) is 6.07 Å². The molecule has 0 amide bonds. The van der Waals surface area contributed by atoms with E-state index in [1.165, 1.54) is 12.1 Å². The summed E-state index contributed by atoms with van der Waals surface area (Å²) in [4.78, 5) is 0.151. The van der Waals surface area contributed by atoms with E-state index in [1.54, 1.807) is 6.07 Å². The van der Waals surface area contributed by atoms with Gasteiger partial charge in [-0.05, 0) is 18.2 Å². The molecule has 0 saturated heterocycles. The molecule has 0 saturated carbocycles. The molecule has 0 aromatic heterocycles. The van der Waals surface area contributed by atoms with Crippen LogP contribution in [0.1, 0.15) is 5.56 Å². The van der Waals surface area contributed by atoms with E-state index in [0.29, 0.717) is 10.0 Å². The molecule has 5 heteroatoms. The molecule has 13 heavy (non-hydrogen) atoms. The zero-order chi connectivity index (χ0) is 10.1. The molecule has 0 heterocycles. The van der Waals surface area contributed by atoms with Crippen molar-refractivity contribution in [2.75, 3.05) is 6.26 Å². The van der Waals surface area contributed by atoms with Crippen molar-refractivity contribution in [3.05, 3.63) is 28.2 Å². The van der Waals surface area contributed by atoms with E-state index in [2.05, 4.69) is 15.9 Å². The lowest BCUT2D eigenvalue weighted by Gasteiger charge is -1.99. The number of sulfone groups is 1. The Labute approximate surface area is 85.0 Å². The van der Waals surface area contributed by atoms with E-state index in [0.717, 1.165) is 6.26 Å². The lowest BCUT2D eigenvalue weighted by atomic mass is 10.2. The standard InChI is InChI=1S/C8H6BrNO2S/c1-13(11,12)8-3-6(5-10)2-7(9)4-8/h2-4H,1H3. The molecular weight excluding hydrogens is 254 g/mol. The van der Waals surface area contributed by atoms with Crippen LogP contribution in [0.4, 0.5) is 0 Å². The van der Waals surface area contributed by atoms with Crippen LogP contribution in [-0.4, -0.2) is 14.7 Å². The van der Waals surface area contributed by atoms with E-state index in [-0.39, 0.29) is 4.90 Å². The second-order valence-corrected chi connectivity index (χ2v) is 5.49. The van der Waals surface area contributed by atoms with Gasteiger partial charge in [-0.25, -0.2) is 8.42 Å². The van der Waals surface area contributed by atoms with Crippen LogP contribution in [0.3, 0.4) is 0 Å². The summed E-state index contributed by atoms with van der Waals surface area (Å²) < 4.78 is 22.8. The van der Waals surface area contributed by atoms with Crippen LogP contribution in [0.15, 0.2) is 27.6 Å². The molecule has 1 aromatic carbocycles. The summed E-state index contributed by atoms with van der Waals surface area (Å²) >= 11 is 3.13. The third-order valence-corrected chi connectivity index (χ3v) is 2.98. The van der Waals surface area contributed by atoms with Crippen LogP contribution in [-0.2, 0) is 9.84 Å². The first kappa shape index (κ1) is 10.2. The number of nitrogens with zero attached hydrogens (tertiary/aromatic N) is 1. The van der Waals surface area contributed by atoms with Crippen molar-refractivity contribution in [2.45, 2.75) is 4.90 Å². The van der Waals surface area contributed by atoms with Crippen LogP contribution >= 0.6 is 15.9 Å². The summed E-state index contributed by atoms with van der Waals surface area (Å²) in [6, 6.07) is 6.27. The quantitative estimate of drug-likeness (QED) is 0.772. The Morgan fingerprint density at radius 1 is 1.38 bits per heavy atom. The first-order valence-corrected chi connectivity index (χ1v) is 6.02. The second-order valence-electron chi connectivity index (χ2n) is 2.56. The Morgan fingerprint density at radius 3 is 2.46 bits per heavy atom. The first-order chi connectivity index (χ1) is 5.93. The highest BCUT2D eigenvalue weighted by atomic mass is 79.9. The third-order valence-electron chi connectivity index (χ3n) is 1.43. The van der Waals surface area contributed by atoms with Crippen molar-refractivity contribution in [1.29, 1.82) is 5.26 Å². The van der Waals surface area contributed by atoms with Crippen LogP contribution in [0.2, 0.25) is 0 Å². The molecule has 1 rings (SSSR count). The Kier molecular flexibility index (Phi) is 2.74. The molecule has 3 nitrogen and oxygen atoms in total. The van der Waals surface area contributed by atoms with E-state index in [4.69, 9.17) is 5.26 Å². The van der Waals surface area contributed by atoms with Crippen molar-refractivity contribution in [3.63, 3.8) is 0 Å².